The average Bonchev–Trinajstić information content (AvgIpc) is 2.63. The van der Waals surface area contributed by atoms with Crippen molar-refractivity contribution in [1.29, 1.82) is 0 Å². The molecule has 26 heavy (non-hydrogen) atoms. The lowest BCUT2D eigenvalue weighted by atomic mass is 10.1. The van der Waals surface area contributed by atoms with Crippen LogP contribution in [0.2, 0.25) is 0 Å². The number of rotatable bonds is 2. The van der Waals surface area contributed by atoms with E-state index in [0.717, 1.165) is 0 Å². The molecule has 0 spiro atoms. The monoisotopic (exact) mass is 355 g/mol. The van der Waals surface area contributed by atoms with Gasteiger partial charge in [0.15, 0.2) is 0 Å². The number of piperazine rings is 1. The van der Waals surface area contributed by atoms with Crippen LogP contribution in [-0.2, 0) is 9.59 Å². The first-order chi connectivity index (χ1) is 12.5. The number of aryl methyl sites for hydroxylation is 1. The molecule has 2 amide bonds. The number of anilines is 2. The summed E-state index contributed by atoms with van der Waals surface area (Å²) in [5, 5.41) is 2.46. The van der Waals surface area contributed by atoms with Crippen LogP contribution in [0.3, 0.4) is 0 Å². The fourth-order valence-electron chi connectivity index (χ4n) is 3.12. The van der Waals surface area contributed by atoms with Crippen molar-refractivity contribution in [3.8, 4) is 0 Å². The zero-order valence-corrected chi connectivity index (χ0v) is 15.0. The molecule has 6 heteroatoms. The molecule has 1 aliphatic rings. The molecule has 1 heterocycles. The number of hydrogen-bond acceptors (Lipinski definition) is 3. The lowest BCUT2D eigenvalue weighted by molar-refractivity contribution is -0.143. The molecule has 0 aliphatic carbocycles. The molecule has 0 aromatic heterocycles. The summed E-state index contributed by atoms with van der Waals surface area (Å²) in [6, 6.07) is 11.7. The smallest absolute Gasteiger partial charge is 0.313 e. The van der Waals surface area contributed by atoms with Crippen molar-refractivity contribution in [2.75, 3.05) is 36.4 Å². The summed E-state index contributed by atoms with van der Waals surface area (Å²) in [5.41, 5.74) is 3.91. The van der Waals surface area contributed by atoms with Crippen LogP contribution in [0.1, 0.15) is 11.1 Å². The number of nitrogens with one attached hydrogen (secondary N) is 1. The Morgan fingerprint density at radius 1 is 1.00 bits per heavy atom. The predicted octanol–water partition coefficient (Wildman–Crippen LogP) is 2.73. The second-order valence-electron chi connectivity index (χ2n) is 6.46. The molecule has 0 bridgehead atoms. The maximum Gasteiger partial charge on any atom is 0.313 e. The molecular weight excluding hydrogens is 333 g/mol. The Morgan fingerprint density at radius 2 is 1.69 bits per heavy atom. The summed E-state index contributed by atoms with van der Waals surface area (Å²) in [6.45, 7) is 6.46. The van der Waals surface area contributed by atoms with Crippen LogP contribution in [0.5, 0.6) is 0 Å². The molecule has 2 aromatic carbocycles. The summed E-state index contributed by atoms with van der Waals surface area (Å²) in [6.07, 6.45) is 0. The summed E-state index contributed by atoms with van der Waals surface area (Å²) < 4.78 is 13.2. The van der Waals surface area contributed by atoms with Crippen LogP contribution in [0, 0.1) is 19.7 Å². The highest BCUT2D eigenvalue weighted by molar-refractivity contribution is 6.39. The number of carbonyl (C=O) groups is 2. The number of hydrogen-bond donors (Lipinski definition) is 1. The molecule has 5 nitrogen and oxygen atoms in total. The second kappa shape index (κ2) is 7.56. The first-order valence-corrected chi connectivity index (χ1v) is 8.62. The van der Waals surface area contributed by atoms with E-state index in [4.69, 9.17) is 0 Å². The molecule has 0 atom stereocenters. The van der Waals surface area contributed by atoms with Crippen LogP contribution in [-0.4, -0.2) is 42.9 Å². The Kier molecular flexibility index (Phi) is 5.21. The van der Waals surface area contributed by atoms with Crippen molar-refractivity contribution in [1.82, 2.24) is 4.90 Å². The molecule has 1 saturated heterocycles. The van der Waals surface area contributed by atoms with Crippen LogP contribution in [0.4, 0.5) is 15.8 Å². The Balaban J connectivity index is 1.59. The molecule has 1 aliphatic heterocycles. The lowest BCUT2D eigenvalue weighted by Crippen LogP contribution is -2.51. The number of halogens is 1. The topological polar surface area (TPSA) is 52.7 Å². The van der Waals surface area contributed by atoms with E-state index in [1.807, 2.05) is 6.07 Å². The summed E-state index contributed by atoms with van der Waals surface area (Å²) in [7, 11) is 0. The molecule has 136 valence electrons. The SMILES string of the molecule is Cc1cccc(N2CCN(C(=O)C(=O)Nc3cccc(F)c3)CC2)c1C. The molecule has 0 saturated carbocycles. The van der Waals surface area contributed by atoms with Gasteiger partial charge in [0.1, 0.15) is 5.82 Å². The van der Waals surface area contributed by atoms with Gasteiger partial charge in [-0.25, -0.2) is 4.39 Å². The van der Waals surface area contributed by atoms with Gasteiger partial charge in [0.2, 0.25) is 0 Å². The minimum atomic E-state index is -0.740. The minimum absolute atomic E-state index is 0.275. The van der Waals surface area contributed by atoms with Crippen LogP contribution >= 0.6 is 0 Å². The molecule has 0 radical (unpaired) electrons. The zero-order chi connectivity index (χ0) is 18.7. The normalized spacial score (nSPS) is 14.3. The van der Waals surface area contributed by atoms with Gasteiger partial charge in [-0.15, -0.1) is 0 Å². The number of carbonyl (C=O) groups excluding carboxylic acids is 2. The molecule has 1 fully saturated rings. The van der Waals surface area contributed by atoms with E-state index in [1.165, 1.54) is 39.9 Å². The highest BCUT2D eigenvalue weighted by atomic mass is 19.1. The van der Waals surface area contributed by atoms with Gasteiger partial charge in [-0.2, -0.15) is 0 Å². The van der Waals surface area contributed by atoms with Crippen molar-refractivity contribution in [2.45, 2.75) is 13.8 Å². The number of amides is 2. The van der Waals surface area contributed by atoms with E-state index in [-0.39, 0.29) is 5.69 Å². The molecule has 1 N–H and O–H groups in total. The molecular formula is C20H22FN3O2. The summed E-state index contributed by atoms with van der Waals surface area (Å²) in [5.74, 6) is -1.79. The Hall–Kier alpha value is -2.89. The van der Waals surface area contributed by atoms with E-state index < -0.39 is 17.6 Å². The van der Waals surface area contributed by atoms with E-state index in [1.54, 1.807) is 6.07 Å². The van der Waals surface area contributed by atoms with Crippen LogP contribution in [0.25, 0.3) is 0 Å². The highest BCUT2D eigenvalue weighted by Gasteiger charge is 2.26. The maximum atomic E-state index is 13.2. The van der Waals surface area contributed by atoms with Gasteiger partial charge in [-0.3, -0.25) is 9.59 Å². The fraction of sp³-hybridized carbons (Fsp3) is 0.300. The Bertz CT molecular complexity index is 830. The zero-order valence-electron chi connectivity index (χ0n) is 15.0. The second-order valence-corrected chi connectivity index (χ2v) is 6.46. The van der Waals surface area contributed by atoms with Crippen molar-refractivity contribution in [3.05, 3.63) is 59.4 Å². The lowest BCUT2D eigenvalue weighted by Gasteiger charge is -2.36. The van der Waals surface area contributed by atoms with Crippen molar-refractivity contribution in [3.63, 3.8) is 0 Å². The van der Waals surface area contributed by atoms with Gasteiger partial charge < -0.3 is 15.1 Å². The first-order valence-electron chi connectivity index (χ1n) is 8.62. The third kappa shape index (κ3) is 3.85. The van der Waals surface area contributed by atoms with Crippen molar-refractivity contribution >= 4 is 23.2 Å². The van der Waals surface area contributed by atoms with E-state index >= 15 is 0 Å². The minimum Gasteiger partial charge on any atom is -0.368 e. The number of benzene rings is 2. The van der Waals surface area contributed by atoms with E-state index in [2.05, 4.69) is 36.2 Å². The number of nitrogens with zero attached hydrogens (tertiary/aromatic N) is 2. The van der Waals surface area contributed by atoms with Gasteiger partial charge in [0.25, 0.3) is 0 Å². The summed E-state index contributed by atoms with van der Waals surface area (Å²) >= 11 is 0. The third-order valence-corrected chi connectivity index (χ3v) is 4.76. The highest BCUT2D eigenvalue weighted by Crippen LogP contribution is 2.24. The average molecular weight is 355 g/mol. The van der Waals surface area contributed by atoms with Crippen molar-refractivity contribution in [2.24, 2.45) is 0 Å². The maximum absolute atomic E-state index is 13.2. The van der Waals surface area contributed by atoms with Gasteiger partial charge in [-0.05, 0) is 49.2 Å². The third-order valence-electron chi connectivity index (χ3n) is 4.76. The van der Waals surface area contributed by atoms with Crippen molar-refractivity contribution < 1.29 is 14.0 Å². The predicted molar refractivity (Wildman–Crippen MR) is 99.7 cm³/mol. The first kappa shape index (κ1) is 17.9. The Labute approximate surface area is 152 Å². The standard InChI is InChI=1S/C20H22FN3O2/c1-14-5-3-8-18(15(14)2)23-9-11-24(12-10-23)20(26)19(25)22-17-7-4-6-16(21)13-17/h3-8,13H,9-12H2,1-2H3,(H,22,25). The van der Waals surface area contributed by atoms with E-state index in [9.17, 15) is 14.0 Å². The molecule has 3 rings (SSSR count). The summed E-state index contributed by atoms with van der Waals surface area (Å²) in [4.78, 5) is 28.3. The van der Waals surface area contributed by atoms with Crippen LogP contribution < -0.4 is 10.2 Å². The largest absolute Gasteiger partial charge is 0.368 e. The van der Waals surface area contributed by atoms with Gasteiger partial charge in [0, 0.05) is 37.6 Å². The van der Waals surface area contributed by atoms with Gasteiger partial charge in [-0.1, -0.05) is 18.2 Å². The quantitative estimate of drug-likeness (QED) is 0.843. The molecule has 0 unspecified atom stereocenters. The van der Waals surface area contributed by atoms with E-state index in [0.29, 0.717) is 26.2 Å². The van der Waals surface area contributed by atoms with Gasteiger partial charge >= 0.3 is 11.8 Å². The van der Waals surface area contributed by atoms with Crippen LogP contribution in [0.15, 0.2) is 42.5 Å². The Morgan fingerprint density at radius 3 is 2.38 bits per heavy atom. The molecule has 2 aromatic rings. The fourth-order valence-corrected chi connectivity index (χ4v) is 3.12. The van der Waals surface area contributed by atoms with Gasteiger partial charge in [0.05, 0.1) is 0 Å².